The highest BCUT2D eigenvalue weighted by Crippen LogP contribution is 2.13. The molecule has 0 aliphatic heterocycles. The lowest BCUT2D eigenvalue weighted by Gasteiger charge is -2.06. The molecule has 1 aromatic rings. The van der Waals surface area contributed by atoms with Crippen LogP contribution in [-0.2, 0) is 10.0 Å². The van der Waals surface area contributed by atoms with Crippen molar-refractivity contribution in [3.05, 3.63) is 17.8 Å². The number of anilines is 2. The van der Waals surface area contributed by atoms with Crippen molar-refractivity contribution in [3.8, 4) is 0 Å². The first-order valence-corrected chi connectivity index (χ1v) is 5.82. The third kappa shape index (κ3) is 2.59. The highest BCUT2D eigenvalue weighted by Gasteiger charge is 2.07. The lowest BCUT2D eigenvalue weighted by atomic mass is 10.2. The Morgan fingerprint density at radius 3 is 2.71 bits per heavy atom. The van der Waals surface area contributed by atoms with Gasteiger partial charge in [-0.3, -0.25) is 4.72 Å². The lowest BCUT2D eigenvalue weighted by Crippen LogP contribution is -2.15. The fourth-order valence-electron chi connectivity index (χ4n) is 0.854. The summed E-state index contributed by atoms with van der Waals surface area (Å²) >= 11 is 0. The van der Waals surface area contributed by atoms with Crippen molar-refractivity contribution in [2.24, 2.45) is 0 Å². The van der Waals surface area contributed by atoms with E-state index in [4.69, 9.17) is 5.73 Å². The van der Waals surface area contributed by atoms with Gasteiger partial charge < -0.3 is 5.73 Å². The van der Waals surface area contributed by atoms with Gasteiger partial charge in [-0.2, -0.15) is 0 Å². The molecule has 1 heterocycles. The van der Waals surface area contributed by atoms with Crippen molar-refractivity contribution in [1.29, 1.82) is 0 Å². The molecule has 78 valence electrons. The zero-order valence-corrected chi connectivity index (χ0v) is 8.93. The second kappa shape index (κ2) is 3.83. The predicted octanol–water partition coefficient (Wildman–Crippen LogP) is 0.734. The molecule has 0 bridgehead atoms. The van der Waals surface area contributed by atoms with E-state index in [0.29, 0.717) is 11.5 Å². The lowest BCUT2D eigenvalue weighted by molar-refractivity contribution is 0.602. The summed E-state index contributed by atoms with van der Waals surface area (Å²) in [5.41, 5.74) is 6.89. The second-order valence-electron chi connectivity index (χ2n) is 2.93. The van der Waals surface area contributed by atoms with E-state index in [1.165, 1.54) is 6.20 Å². The van der Waals surface area contributed by atoms with Crippen LogP contribution in [0.2, 0.25) is 0 Å². The van der Waals surface area contributed by atoms with Crippen LogP contribution < -0.4 is 10.5 Å². The molecule has 0 aromatic carbocycles. The Kier molecular flexibility index (Phi) is 2.95. The summed E-state index contributed by atoms with van der Waals surface area (Å²) in [5, 5.41) is 0. The average Bonchev–Trinajstić information content (AvgIpc) is 2.11. The summed E-state index contributed by atoms with van der Waals surface area (Å²) in [6, 6.07) is 1.60. The quantitative estimate of drug-likeness (QED) is 0.778. The molecule has 1 aromatic heterocycles. The maximum absolute atomic E-state index is 11.2. The van der Waals surface area contributed by atoms with E-state index in [9.17, 15) is 8.42 Å². The zero-order valence-electron chi connectivity index (χ0n) is 8.11. The van der Waals surface area contributed by atoms with Crippen LogP contribution in [-0.4, -0.2) is 19.2 Å². The summed E-state index contributed by atoms with van der Waals surface area (Å²) in [7, 11) is -3.26. The van der Waals surface area contributed by atoms with Crippen molar-refractivity contribution < 1.29 is 8.42 Å². The summed E-state index contributed by atoms with van der Waals surface area (Å²) in [6.07, 6.45) is 1.43. The molecule has 0 aliphatic carbocycles. The fraction of sp³-hybridized carbons (Fsp3) is 0.375. The van der Waals surface area contributed by atoms with E-state index in [1.54, 1.807) is 19.9 Å². The molecular weight excluding hydrogens is 202 g/mol. The van der Waals surface area contributed by atoms with E-state index in [0.717, 1.165) is 5.56 Å². The molecule has 0 radical (unpaired) electrons. The van der Waals surface area contributed by atoms with E-state index in [-0.39, 0.29) is 5.75 Å². The Morgan fingerprint density at radius 1 is 1.57 bits per heavy atom. The Bertz CT molecular complexity index is 428. The molecule has 0 aliphatic rings. The Balaban J connectivity index is 2.94. The summed E-state index contributed by atoms with van der Waals surface area (Å²) in [4.78, 5) is 3.86. The monoisotopic (exact) mass is 215 g/mol. The smallest absolute Gasteiger partial charge is 0.233 e. The van der Waals surface area contributed by atoms with Crippen LogP contribution in [0.3, 0.4) is 0 Å². The molecular formula is C8H13N3O2S. The maximum atomic E-state index is 11.2. The van der Waals surface area contributed by atoms with Crippen LogP contribution in [0.4, 0.5) is 11.5 Å². The number of nitrogens with two attached hydrogens (primary N) is 1. The standard InChI is InChI=1S/C8H13N3O2S/c1-3-14(12,13)11-8-4-6(2)7(9)5-10-8/h4-5H,3,9H2,1-2H3,(H,10,11). The van der Waals surface area contributed by atoms with Crippen molar-refractivity contribution in [2.45, 2.75) is 13.8 Å². The topological polar surface area (TPSA) is 85.1 Å². The van der Waals surface area contributed by atoms with Gasteiger partial charge in [-0.25, -0.2) is 13.4 Å². The SMILES string of the molecule is CCS(=O)(=O)Nc1cc(C)c(N)cn1. The van der Waals surface area contributed by atoms with Crippen LogP contribution in [0.1, 0.15) is 12.5 Å². The van der Waals surface area contributed by atoms with E-state index >= 15 is 0 Å². The predicted molar refractivity (Wildman–Crippen MR) is 56.5 cm³/mol. The van der Waals surface area contributed by atoms with Crippen LogP contribution >= 0.6 is 0 Å². The number of nitrogens with one attached hydrogen (secondary N) is 1. The Morgan fingerprint density at radius 2 is 2.21 bits per heavy atom. The van der Waals surface area contributed by atoms with E-state index in [2.05, 4.69) is 9.71 Å². The molecule has 3 N–H and O–H groups in total. The van der Waals surface area contributed by atoms with Gasteiger partial charge in [0.25, 0.3) is 0 Å². The summed E-state index contributed by atoms with van der Waals surface area (Å²) in [5.74, 6) is 0.330. The van der Waals surface area contributed by atoms with Crippen LogP contribution in [0.25, 0.3) is 0 Å². The first-order valence-electron chi connectivity index (χ1n) is 4.17. The van der Waals surface area contributed by atoms with Gasteiger partial charge in [0, 0.05) is 0 Å². The number of rotatable bonds is 3. The maximum Gasteiger partial charge on any atom is 0.233 e. The van der Waals surface area contributed by atoms with E-state index < -0.39 is 10.0 Å². The van der Waals surface area contributed by atoms with Gasteiger partial charge in [0.15, 0.2) is 0 Å². The minimum Gasteiger partial charge on any atom is -0.397 e. The first-order chi connectivity index (χ1) is 6.44. The summed E-state index contributed by atoms with van der Waals surface area (Å²) < 4.78 is 24.7. The van der Waals surface area contributed by atoms with Gasteiger partial charge >= 0.3 is 0 Å². The number of aryl methyl sites for hydroxylation is 1. The van der Waals surface area contributed by atoms with Crippen molar-refractivity contribution in [2.75, 3.05) is 16.2 Å². The number of nitrogens with zero attached hydrogens (tertiary/aromatic N) is 1. The van der Waals surface area contributed by atoms with Gasteiger partial charge in [0.2, 0.25) is 10.0 Å². The van der Waals surface area contributed by atoms with Crippen LogP contribution in [0.5, 0.6) is 0 Å². The normalized spacial score (nSPS) is 11.3. The van der Waals surface area contributed by atoms with Gasteiger partial charge in [-0.1, -0.05) is 0 Å². The highest BCUT2D eigenvalue weighted by molar-refractivity contribution is 7.92. The van der Waals surface area contributed by atoms with Crippen molar-refractivity contribution >= 4 is 21.5 Å². The Hall–Kier alpha value is -1.30. The number of nitrogen functional groups attached to an aromatic ring is 1. The third-order valence-electron chi connectivity index (χ3n) is 1.79. The molecule has 1 rings (SSSR count). The number of aromatic nitrogens is 1. The second-order valence-corrected chi connectivity index (χ2v) is 4.94. The minimum absolute atomic E-state index is 0.0259. The number of pyridine rings is 1. The third-order valence-corrected chi connectivity index (χ3v) is 3.07. The molecule has 0 saturated heterocycles. The molecule has 5 nitrogen and oxygen atoms in total. The van der Waals surface area contributed by atoms with Crippen molar-refractivity contribution in [3.63, 3.8) is 0 Å². The molecule has 6 heteroatoms. The molecule has 0 atom stereocenters. The first kappa shape index (κ1) is 10.8. The van der Waals surface area contributed by atoms with Gasteiger partial charge in [-0.05, 0) is 25.5 Å². The van der Waals surface area contributed by atoms with Gasteiger partial charge in [0.05, 0.1) is 17.6 Å². The molecule has 14 heavy (non-hydrogen) atoms. The molecule has 0 saturated carbocycles. The average molecular weight is 215 g/mol. The zero-order chi connectivity index (χ0) is 10.8. The largest absolute Gasteiger partial charge is 0.397 e. The Labute approximate surface area is 83.4 Å². The highest BCUT2D eigenvalue weighted by atomic mass is 32.2. The number of hydrogen-bond acceptors (Lipinski definition) is 4. The molecule has 0 amide bonds. The van der Waals surface area contributed by atoms with Crippen LogP contribution in [0, 0.1) is 6.92 Å². The van der Waals surface area contributed by atoms with E-state index in [1.807, 2.05) is 0 Å². The van der Waals surface area contributed by atoms with Gasteiger partial charge in [0.1, 0.15) is 5.82 Å². The van der Waals surface area contributed by atoms with Gasteiger partial charge in [-0.15, -0.1) is 0 Å². The number of sulfonamides is 1. The number of hydrogen-bond donors (Lipinski definition) is 2. The minimum atomic E-state index is -3.26. The molecule has 0 spiro atoms. The molecule has 0 fully saturated rings. The fourth-order valence-corrected chi connectivity index (χ4v) is 1.43. The van der Waals surface area contributed by atoms with Crippen molar-refractivity contribution in [1.82, 2.24) is 4.98 Å². The summed E-state index contributed by atoms with van der Waals surface area (Å²) in [6.45, 7) is 3.35. The molecule has 0 unspecified atom stereocenters. The van der Waals surface area contributed by atoms with Crippen LogP contribution in [0.15, 0.2) is 12.3 Å².